The number of carbonyl (C=O) groups excluding carboxylic acids is 2. The zero-order valence-corrected chi connectivity index (χ0v) is 15.3. The first-order chi connectivity index (χ1) is 11.4. The first-order valence-electron chi connectivity index (χ1n) is 8.46. The highest BCUT2D eigenvalue weighted by molar-refractivity contribution is 6.34. The van der Waals surface area contributed by atoms with Crippen LogP contribution in [0, 0.1) is 11.8 Å². The SMILES string of the molecule is CNCC1CCCN(C(=O)c2cc(NC(=O)C(C)C)ccc2Cl)C1. The highest BCUT2D eigenvalue weighted by Gasteiger charge is 2.25. The van der Waals surface area contributed by atoms with Crippen molar-refractivity contribution in [3.05, 3.63) is 28.8 Å². The highest BCUT2D eigenvalue weighted by atomic mass is 35.5. The average Bonchev–Trinajstić information content (AvgIpc) is 2.56. The maximum atomic E-state index is 12.9. The van der Waals surface area contributed by atoms with Gasteiger partial charge in [0.1, 0.15) is 0 Å². The Morgan fingerprint density at radius 3 is 2.79 bits per heavy atom. The summed E-state index contributed by atoms with van der Waals surface area (Å²) in [5.41, 5.74) is 1.05. The van der Waals surface area contributed by atoms with Crippen LogP contribution in [0.1, 0.15) is 37.0 Å². The molecule has 1 aromatic rings. The lowest BCUT2D eigenvalue weighted by molar-refractivity contribution is -0.118. The molecule has 132 valence electrons. The van der Waals surface area contributed by atoms with Gasteiger partial charge < -0.3 is 15.5 Å². The number of nitrogens with zero attached hydrogens (tertiary/aromatic N) is 1. The number of amides is 2. The second kappa shape index (κ2) is 8.49. The summed E-state index contributed by atoms with van der Waals surface area (Å²) < 4.78 is 0. The normalized spacial score (nSPS) is 17.9. The molecule has 1 aliphatic rings. The van der Waals surface area contributed by atoms with Crippen LogP contribution in [0.3, 0.4) is 0 Å². The minimum absolute atomic E-state index is 0.0681. The van der Waals surface area contributed by atoms with Crippen molar-refractivity contribution in [2.45, 2.75) is 26.7 Å². The van der Waals surface area contributed by atoms with Gasteiger partial charge in [-0.3, -0.25) is 9.59 Å². The molecule has 0 aliphatic carbocycles. The summed E-state index contributed by atoms with van der Waals surface area (Å²) in [7, 11) is 1.93. The van der Waals surface area contributed by atoms with Gasteiger partial charge in [0, 0.05) is 24.7 Å². The summed E-state index contributed by atoms with van der Waals surface area (Å²) in [6, 6.07) is 5.06. The Balaban J connectivity index is 2.14. The van der Waals surface area contributed by atoms with Crippen molar-refractivity contribution in [1.82, 2.24) is 10.2 Å². The lowest BCUT2D eigenvalue weighted by Gasteiger charge is -2.33. The Kier molecular flexibility index (Phi) is 6.63. The molecule has 1 aromatic carbocycles. The molecule has 1 heterocycles. The zero-order valence-electron chi connectivity index (χ0n) is 14.6. The molecule has 0 spiro atoms. The molecule has 5 nitrogen and oxygen atoms in total. The fourth-order valence-corrected chi connectivity index (χ4v) is 3.13. The molecule has 0 bridgehead atoms. The predicted octanol–water partition coefficient (Wildman–Crippen LogP) is 3.01. The van der Waals surface area contributed by atoms with Crippen molar-refractivity contribution in [1.29, 1.82) is 0 Å². The van der Waals surface area contributed by atoms with E-state index in [0.29, 0.717) is 22.2 Å². The summed E-state index contributed by atoms with van der Waals surface area (Å²) in [6.45, 7) is 6.04. The number of nitrogens with one attached hydrogen (secondary N) is 2. The van der Waals surface area contributed by atoms with E-state index < -0.39 is 0 Å². The Morgan fingerprint density at radius 2 is 2.12 bits per heavy atom. The number of piperidine rings is 1. The van der Waals surface area contributed by atoms with Crippen molar-refractivity contribution in [3.8, 4) is 0 Å². The van der Waals surface area contributed by atoms with Gasteiger partial charge >= 0.3 is 0 Å². The molecule has 1 atom stereocenters. The van der Waals surface area contributed by atoms with Crippen molar-refractivity contribution in [3.63, 3.8) is 0 Å². The molecule has 2 N–H and O–H groups in total. The molecule has 0 radical (unpaired) electrons. The molecule has 0 aromatic heterocycles. The van der Waals surface area contributed by atoms with Crippen molar-refractivity contribution in [2.24, 2.45) is 11.8 Å². The zero-order chi connectivity index (χ0) is 17.7. The van der Waals surface area contributed by atoms with E-state index in [2.05, 4.69) is 10.6 Å². The number of halogens is 1. The molecular formula is C18H26ClN3O2. The lowest BCUT2D eigenvalue weighted by Crippen LogP contribution is -2.42. The molecule has 1 saturated heterocycles. The van der Waals surface area contributed by atoms with Crippen LogP contribution in [0.4, 0.5) is 5.69 Å². The number of hydrogen-bond acceptors (Lipinski definition) is 3. The molecule has 2 rings (SSSR count). The Morgan fingerprint density at radius 1 is 1.38 bits per heavy atom. The smallest absolute Gasteiger partial charge is 0.255 e. The Bertz CT molecular complexity index is 602. The molecule has 1 unspecified atom stereocenters. The number of benzene rings is 1. The number of hydrogen-bond donors (Lipinski definition) is 2. The summed E-state index contributed by atoms with van der Waals surface area (Å²) >= 11 is 6.23. The fourth-order valence-electron chi connectivity index (χ4n) is 2.93. The summed E-state index contributed by atoms with van der Waals surface area (Å²) in [5, 5.41) is 6.41. The van der Waals surface area contributed by atoms with E-state index >= 15 is 0 Å². The molecule has 6 heteroatoms. The van der Waals surface area contributed by atoms with Gasteiger partial charge in [-0.05, 0) is 50.6 Å². The Hall–Kier alpha value is -1.59. The largest absolute Gasteiger partial charge is 0.338 e. The molecule has 24 heavy (non-hydrogen) atoms. The van der Waals surface area contributed by atoms with Gasteiger partial charge in [0.05, 0.1) is 10.6 Å². The van der Waals surface area contributed by atoms with Crippen LogP contribution in [-0.2, 0) is 4.79 Å². The van der Waals surface area contributed by atoms with E-state index in [-0.39, 0.29) is 17.7 Å². The maximum absolute atomic E-state index is 12.9. The third kappa shape index (κ3) is 4.71. The molecule has 1 aliphatic heterocycles. The van der Waals surface area contributed by atoms with Crippen LogP contribution in [0.5, 0.6) is 0 Å². The lowest BCUT2D eigenvalue weighted by atomic mass is 9.97. The average molecular weight is 352 g/mol. The van der Waals surface area contributed by atoms with Crippen LogP contribution in [0.2, 0.25) is 5.02 Å². The predicted molar refractivity (Wildman–Crippen MR) is 97.5 cm³/mol. The quantitative estimate of drug-likeness (QED) is 0.857. The molecule has 2 amide bonds. The van der Waals surface area contributed by atoms with Crippen molar-refractivity contribution >= 4 is 29.1 Å². The summed E-state index contributed by atoms with van der Waals surface area (Å²) in [4.78, 5) is 26.6. The number of rotatable bonds is 5. The van der Waals surface area contributed by atoms with Crippen LogP contribution in [0.25, 0.3) is 0 Å². The monoisotopic (exact) mass is 351 g/mol. The van der Waals surface area contributed by atoms with Gasteiger partial charge in [-0.15, -0.1) is 0 Å². The fraction of sp³-hybridized carbons (Fsp3) is 0.556. The van der Waals surface area contributed by atoms with Crippen LogP contribution in [-0.4, -0.2) is 43.4 Å². The van der Waals surface area contributed by atoms with Gasteiger partial charge in [-0.1, -0.05) is 25.4 Å². The molecular weight excluding hydrogens is 326 g/mol. The second-order valence-electron chi connectivity index (χ2n) is 6.66. The third-order valence-corrected chi connectivity index (χ3v) is 4.62. The van der Waals surface area contributed by atoms with E-state index in [1.54, 1.807) is 18.2 Å². The van der Waals surface area contributed by atoms with Gasteiger partial charge in [0.25, 0.3) is 5.91 Å². The first-order valence-corrected chi connectivity index (χ1v) is 8.84. The third-order valence-electron chi connectivity index (χ3n) is 4.29. The van der Waals surface area contributed by atoms with Crippen molar-refractivity contribution in [2.75, 3.05) is 32.0 Å². The minimum Gasteiger partial charge on any atom is -0.338 e. The first kappa shape index (κ1) is 18.7. The van der Waals surface area contributed by atoms with E-state index in [4.69, 9.17) is 11.6 Å². The van der Waals surface area contributed by atoms with E-state index in [0.717, 1.165) is 32.5 Å². The van der Waals surface area contributed by atoms with Gasteiger partial charge in [-0.2, -0.15) is 0 Å². The topological polar surface area (TPSA) is 61.4 Å². The van der Waals surface area contributed by atoms with E-state index in [9.17, 15) is 9.59 Å². The van der Waals surface area contributed by atoms with Crippen molar-refractivity contribution < 1.29 is 9.59 Å². The number of anilines is 1. The second-order valence-corrected chi connectivity index (χ2v) is 7.06. The van der Waals surface area contributed by atoms with Crippen LogP contribution >= 0.6 is 11.6 Å². The van der Waals surface area contributed by atoms with E-state index in [1.165, 1.54) is 0 Å². The summed E-state index contributed by atoms with van der Waals surface area (Å²) in [6.07, 6.45) is 2.13. The minimum atomic E-state index is -0.121. The van der Waals surface area contributed by atoms with Gasteiger partial charge in [-0.25, -0.2) is 0 Å². The van der Waals surface area contributed by atoms with Gasteiger partial charge in [0.15, 0.2) is 0 Å². The maximum Gasteiger partial charge on any atom is 0.255 e. The number of carbonyl (C=O) groups is 2. The van der Waals surface area contributed by atoms with Gasteiger partial charge in [0.2, 0.25) is 5.91 Å². The van der Waals surface area contributed by atoms with Crippen LogP contribution < -0.4 is 10.6 Å². The Labute approximate surface area is 148 Å². The number of likely N-dealkylation sites (tertiary alicyclic amines) is 1. The van der Waals surface area contributed by atoms with Crippen LogP contribution in [0.15, 0.2) is 18.2 Å². The van der Waals surface area contributed by atoms with E-state index in [1.807, 2.05) is 25.8 Å². The molecule has 1 fully saturated rings. The molecule has 0 saturated carbocycles. The standard InChI is InChI=1S/C18H26ClN3O2/c1-12(2)17(23)21-14-6-7-16(19)15(9-14)18(24)22-8-4-5-13(11-22)10-20-3/h6-7,9,12-13,20H,4-5,8,10-11H2,1-3H3,(H,21,23). The summed E-state index contributed by atoms with van der Waals surface area (Å²) in [5.74, 6) is 0.198. The highest BCUT2D eigenvalue weighted by Crippen LogP contribution is 2.25.